The molecule has 0 saturated heterocycles. The Bertz CT molecular complexity index is 198. The third kappa shape index (κ3) is 4.04. The predicted molar refractivity (Wildman–Crippen MR) is 66.4 cm³/mol. The van der Waals surface area contributed by atoms with Gasteiger partial charge in [-0.25, -0.2) is 0 Å². The molecule has 16 heavy (non-hydrogen) atoms. The molecule has 1 aliphatic carbocycles. The van der Waals surface area contributed by atoms with Crippen molar-refractivity contribution in [1.29, 1.82) is 0 Å². The van der Waals surface area contributed by atoms with E-state index >= 15 is 0 Å². The van der Waals surface area contributed by atoms with Gasteiger partial charge < -0.3 is 15.5 Å². The van der Waals surface area contributed by atoms with Crippen molar-refractivity contribution >= 4 is 0 Å². The first kappa shape index (κ1) is 13.9. The van der Waals surface area contributed by atoms with E-state index in [1.165, 1.54) is 6.42 Å². The molecule has 3 N–H and O–H groups in total. The predicted octanol–water partition coefficient (Wildman–Crippen LogP) is 1.68. The van der Waals surface area contributed by atoms with E-state index in [0.717, 1.165) is 38.6 Å². The summed E-state index contributed by atoms with van der Waals surface area (Å²) in [4.78, 5) is 0. The van der Waals surface area contributed by atoms with Crippen LogP contribution in [0, 0.1) is 5.41 Å². The normalized spacial score (nSPS) is 32.6. The Labute approximate surface area is 99.3 Å². The summed E-state index contributed by atoms with van der Waals surface area (Å²) in [5.41, 5.74) is 0.0473. The molecule has 0 aromatic heterocycles. The number of aliphatic hydroxyl groups excluding tert-OH is 2. The second-order valence-corrected chi connectivity index (χ2v) is 5.56. The minimum Gasteiger partial charge on any atom is -0.396 e. The Morgan fingerprint density at radius 3 is 2.81 bits per heavy atom. The average Bonchev–Trinajstić information content (AvgIpc) is 2.28. The van der Waals surface area contributed by atoms with Crippen molar-refractivity contribution in [2.24, 2.45) is 5.41 Å². The van der Waals surface area contributed by atoms with Gasteiger partial charge >= 0.3 is 0 Å². The fraction of sp³-hybridized carbons (Fsp3) is 1.00. The van der Waals surface area contributed by atoms with E-state index in [-0.39, 0.29) is 18.1 Å². The summed E-state index contributed by atoms with van der Waals surface area (Å²) in [5.74, 6) is 0. The average molecular weight is 229 g/mol. The van der Waals surface area contributed by atoms with Crippen LogP contribution in [-0.2, 0) is 0 Å². The van der Waals surface area contributed by atoms with Crippen molar-refractivity contribution in [2.75, 3.05) is 13.2 Å². The van der Waals surface area contributed by atoms with Crippen LogP contribution in [0.4, 0.5) is 0 Å². The second-order valence-electron chi connectivity index (χ2n) is 5.56. The zero-order valence-corrected chi connectivity index (χ0v) is 10.7. The van der Waals surface area contributed by atoms with Crippen molar-refractivity contribution in [2.45, 2.75) is 64.5 Å². The van der Waals surface area contributed by atoms with Crippen molar-refractivity contribution in [1.82, 2.24) is 5.32 Å². The molecule has 1 saturated carbocycles. The van der Waals surface area contributed by atoms with Gasteiger partial charge in [0.25, 0.3) is 0 Å². The molecule has 1 fully saturated rings. The third-order valence-electron chi connectivity index (χ3n) is 3.93. The largest absolute Gasteiger partial charge is 0.396 e. The number of aliphatic hydroxyl groups is 2. The van der Waals surface area contributed by atoms with Crippen LogP contribution in [0.15, 0.2) is 0 Å². The van der Waals surface area contributed by atoms with Crippen LogP contribution >= 0.6 is 0 Å². The Morgan fingerprint density at radius 2 is 2.19 bits per heavy atom. The van der Waals surface area contributed by atoms with Gasteiger partial charge in [0, 0.05) is 24.6 Å². The SMILES string of the molecule is CC(CCCO)NCC1(C)CCCCC1O. The van der Waals surface area contributed by atoms with Crippen LogP contribution in [0.1, 0.15) is 52.4 Å². The molecular weight excluding hydrogens is 202 g/mol. The minimum absolute atomic E-state index is 0.0473. The van der Waals surface area contributed by atoms with Gasteiger partial charge in [-0.1, -0.05) is 19.8 Å². The summed E-state index contributed by atoms with van der Waals surface area (Å²) >= 11 is 0. The Hall–Kier alpha value is -0.120. The summed E-state index contributed by atoms with van der Waals surface area (Å²) in [7, 11) is 0. The molecule has 0 radical (unpaired) electrons. The summed E-state index contributed by atoms with van der Waals surface area (Å²) in [6.07, 6.45) is 6.17. The van der Waals surface area contributed by atoms with Crippen LogP contribution in [0.2, 0.25) is 0 Å². The number of nitrogens with one attached hydrogen (secondary N) is 1. The quantitative estimate of drug-likeness (QED) is 0.649. The first-order valence-electron chi connectivity index (χ1n) is 6.61. The van der Waals surface area contributed by atoms with Crippen molar-refractivity contribution in [3.8, 4) is 0 Å². The molecule has 0 aromatic rings. The third-order valence-corrected chi connectivity index (χ3v) is 3.93. The lowest BCUT2D eigenvalue weighted by Crippen LogP contribution is -2.45. The monoisotopic (exact) mass is 229 g/mol. The Balaban J connectivity index is 2.29. The zero-order valence-electron chi connectivity index (χ0n) is 10.7. The maximum absolute atomic E-state index is 10.0. The van der Waals surface area contributed by atoms with Gasteiger partial charge in [-0.2, -0.15) is 0 Å². The minimum atomic E-state index is -0.154. The first-order valence-corrected chi connectivity index (χ1v) is 6.61. The van der Waals surface area contributed by atoms with Gasteiger partial charge in [0.05, 0.1) is 6.10 Å². The first-order chi connectivity index (χ1) is 7.58. The molecular formula is C13H27NO2. The highest BCUT2D eigenvalue weighted by Gasteiger charge is 2.35. The van der Waals surface area contributed by atoms with Gasteiger partial charge in [-0.15, -0.1) is 0 Å². The number of rotatable bonds is 6. The Kier molecular flexibility index (Phi) is 5.73. The lowest BCUT2D eigenvalue weighted by atomic mass is 9.73. The summed E-state index contributed by atoms with van der Waals surface area (Å²) in [5, 5.41) is 22.3. The molecule has 3 atom stereocenters. The molecule has 3 heteroatoms. The van der Waals surface area contributed by atoms with Crippen LogP contribution in [0.25, 0.3) is 0 Å². The zero-order chi connectivity index (χ0) is 12.0. The number of hydrogen-bond acceptors (Lipinski definition) is 3. The topological polar surface area (TPSA) is 52.5 Å². The summed E-state index contributed by atoms with van der Waals surface area (Å²) in [6.45, 7) is 5.49. The molecule has 3 nitrogen and oxygen atoms in total. The molecule has 96 valence electrons. The lowest BCUT2D eigenvalue weighted by Gasteiger charge is -2.39. The molecule has 3 unspecified atom stereocenters. The fourth-order valence-electron chi connectivity index (χ4n) is 2.49. The molecule has 0 aromatic carbocycles. The highest BCUT2D eigenvalue weighted by molar-refractivity contribution is 4.88. The van der Waals surface area contributed by atoms with Crippen molar-refractivity contribution < 1.29 is 10.2 Å². The highest BCUT2D eigenvalue weighted by Crippen LogP contribution is 2.35. The van der Waals surface area contributed by atoms with E-state index in [2.05, 4.69) is 19.2 Å². The van der Waals surface area contributed by atoms with E-state index in [1.54, 1.807) is 0 Å². The van der Waals surface area contributed by atoms with Crippen LogP contribution < -0.4 is 5.32 Å². The van der Waals surface area contributed by atoms with Crippen LogP contribution in [-0.4, -0.2) is 35.5 Å². The van der Waals surface area contributed by atoms with Crippen molar-refractivity contribution in [3.05, 3.63) is 0 Å². The van der Waals surface area contributed by atoms with E-state index in [0.29, 0.717) is 6.04 Å². The van der Waals surface area contributed by atoms with Gasteiger partial charge in [0.2, 0.25) is 0 Å². The summed E-state index contributed by atoms with van der Waals surface area (Å²) < 4.78 is 0. The second kappa shape index (κ2) is 6.58. The maximum atomic E-state index is 10.0. The van der Waals surface area contributed by atoms with Crippen molar-refractivity contribution in [3.63, 3.8) is 0 Å². The maximum Gasteiger partial charge on any atom is 0.0605 e. The lowest BCUT2D eigenvalue weighted by molar-refractivity contribution is -0.000185. The molecule has 0 amide bonds. The molecule has 0 bridgehead atoms. The van der Waals surface area contributed by atoms with Gasteiger partial charge in [-0.3, -0.25) is 0 Å². The fourth-order valence-corrected chi connectivity index (χ4v) is 2.49. The molecule has 0 heterocycles. The molecule has 0 aliphatic heterocycles. The van der Waals surface area contributed by atoms with Crippen LogP contribution in [0.5, 0.6) is 0 Å². The van der Waals surface area contributed by atoms with E-state index in [9.17, 15) is 5.11 Å². The van der Waals surface area contributed by atoms with E-state index in [1.807, 2.05) is 0 Å². The van der Waals surface area contributed by atoms with Gasteiger partial charge in [-0.05, 0) is 32.6 Å². The van der Waals surface area contributed by atoms with Gasteiger partial charge in [0.15, 0.2) is 0 Å². The van der Waals surface area contributed by atoms with Crippen LogP contribution in [0.3, 0.4) is 0 Å². The van der Waals surface area contributed by atoms with Gasteiger partial charge in [0.1, 0.15) is 0 Å². The summed E-state index contributed by atoms with van der Waals surface area (Å²) in [6, 6.07) is 0.429. The number of hydrogen-bond donors (Lipinski definition) is 3. The Morgan fingerprint density at radius 1 is 1.44 bits per heavy atom. The smallest absolute Gasteiger partial charge is 0.0605 e. The highest BCUT2D eigenvalue weighted by atomic mass is 16.3. The van der Waals surface area contributed by atoms with E-state index in [4.69, 9.17) is 5.11 Å². The standard InChI is InChI=1S/C13H27NO2/c1-11(6-5-9-15)14-10-13(2)8-4-3-7-12(13)16/h11-12,14-16H,3-10H2,1-2H3. The molecule has 1 rings (SSSR count). The molecule has 1 aliphatic rings. The van der Waals surface area contributed by atoms with E-state index < -0.39 is 0 Å². The molecule has 0 spiro atoms.